The van der Waals surface area contributed by atoms with Crippen LogP contribution < -0.4 is 0 Å². The molecule has 0 aromatic heterocycles. The standard InChI is InChI=1S/C13H11NO5S3/c1-2-5-14-12(16)10(21-13(14)20)6-8-3-4-9(15)11(7-8)22(17,18)19/h2-4,6-7,15H,1,5H2,(H,17,18,19)/b10-6-. The fourth-order valence-electron chi connectivity index (χ4n) is 1.76. The van der Waals surface area contributed by atoms with Gasteiger partial charge in [0.2, 0.25) is 0 Å². The number of phenols is 1. The number of carbonyl (C=O) groups excluding carboxylic acids is 1. The van der Waals surface area contributed by atoms with E-state index >= 15 is 0 Å². The van der Waals surface area contributed by atoms with Crippen molar-refractivity contribution in [2.75, 3.05) is 6.54 Å². The molecule has 1 amide bonds. The minimum Gasteiger partial charge on any atom is -0.506 e. The van der Waals surface area contributed by atoms with E-state index in [0.717, 1.165) is 23.9 Å². The number of benzene rings is 1. The largest absolute Gasteiger partial charge is 0.506 e. The lowest BCUT2D eigenvalue weighted by atomic mass is 10.2. The summed E-state index contributed by atoms with van der Waals surface area (Å²) in [7, 11) is -4.55. The maximum Gasteiger partial charge on any atom is 0.298 e. The Morgan fingerprint density at radius 3 is 2.68 bits per heavy atom. The van der Waals surface area contributed by atoms with Crippen LogP contribution in [0.25, 0.3) is 6.08 Å². The van der Waals surface area contributed by atoms with Gasteiger partial charge in [0.15, 0.2) is 0 Å². The Morgan fingerprint density at radius 1 is 1.41 bits per heavy atom. The molecule has 22 heavy (non-hydrogen) atoms. The zero-order valence-corrected chi connectivity index (χ0v) is 13.5. The monoisotopic (exact) mass is 357 g/mol. The quantitative estimate of drug-likeness (QED) is 0.368. The maximum atomic E-state index is 12.1. The molecule has 1 aliphatic heterocycles. The molecule has 0 radical (unpaired) electrons. The molecule has 1 aliphatic rings. The number of hydrogen-bond donors (Lipinski definition) is 2. The third kappa shape index (κ3) is 3.38. The van der Waals surface area contributed by atoms with Crippen molar-refractivity contribution in [2.45, 2.75) is 4.90 Å². The molecule has 0 saturated carbocycles. The highest BCUT2D eigenvalue weighted by Crippen LogP contribution is 2.33. The van der Waals surface area contributed by atoms with E-state index in [1.54, 1.807) is 6.08 Å². The van der Waals surface area contributed by atoms with Crippen LogP contribution in [0.3, 0.4) is 0 Å². The lowest BCUT2D eigenvalue weighted by molar-refractivity contribution is -0.121. The molecular formula is C13H11NO5S3. The molecule has 1 heterocycles. The SMILES string of the molecule is C=CCN1C(=O)/C(=C/c2ccc(O)c(S(=O)(=O)O)c2)SC1=S. The molecule has 0 aliphatic carbocycles. The highest BCUT2D eigenvalue weighted by molar-refractivity contribution is 8.26. The van der Waals surface area contributed by atoms with Crippen LogP contribution in [0.2, 0.25) is 0 Å². The topological polar surface area (TPSA) is 94.9 Å². The Kier molecular flexibility index (Phi) is 4.71. The molecule has 0 bridgehead atoms. The number of rotatable bonds is 4. The maximum absolute atomic E-state index is 12.1. The molecule has 2 rings (SSSR count). The summed E-state index contributed by atoms with van der Waals surface area (Å²) < 4.78 is 31.7. The second-order valence-corrected chi connectivity index (χ2v) is 7.35. The zero-order valence-electron chi connectivity index (χ0n) is 11.1. The van der Waals surface area contributed by atoms with Gasteiger partial charge in [0.05, 0.1) is 4.91 Å². The van der Waals surface area contributed by atoms with Gasteiger partial charge in [-0.05, 0) is 23.8 Å². The minimum absolute atomic E-state index is 0.286. The number of aromatic hydroxyl groups is 1. The third-order valence-electron chi connectivity index (χ3n) is 2.74. The molecule has 1 aromatic rings. The summed E-state index contributed by atoms with van der Waals surface area (Å²) in [5, 5.41) is 9.47. The molecule has 9 heteroatoms. The molecule has 1 saturated heterocycles. The van der Waals surface area contributed by atoms with Crippen molar-refractivity contribution in [2.24, 2.45) is 0 Å². The number of thioether (sulfide) groups is 1. The van der Waals surface area contributed by atoms with Gasteiger partial charge in [0.25, 0.3) is 16.0 Å². The first-order chi connectivity index (χ1) is 10.2. The minimum atomic E-state index is -4.55. The van der Waals surface area contributed by atoms with Crippen LogP contribution in [-0.2, 0) is 14.9 Å². The van der Waals surface area contributed by atoms with Gasteiger partial charge >= 0.3 is 0 Å². The number of carbonyl (C=O) groups is 1. The van der Waals surface area contributed by atoms with E-state index in [1.807, 2.05) is 0 Å². The predicted octanol–water partition coefficient (Wildman–Crippen LogP) is 2.03. The molecule has 2 N–H and O–H groups in total. The summed E-state index contributed by atoms with van der Waals surface area (Å²) in [6.45, 7) is 3.83. The molecule has 0 unspecified atom stereocenters. The summed E-state index contributed by atoms with van der Waals surface area (Å²) in [5.74, 6) is -0.879. The molecule has 0 spiro atoms. The molecule has 116 valence electrons. The van der Waals surface area contributed by atoms with Crippen LogP contribution in [0, 0.1) is 0 Å². The molecule has 6 nitrogen and oxygen atoms in total. The van der Waals surface area contributed by atoms with Crippen LogP contribution in [0.15, 0.2) is 40.7 Å². The Bertz CT molecular complexity index is 798. The number of phenolic OH excluding ortho intramolecular Hbond substituents is 1. The summed E-state index contributed by atoms with van der Waals surface area (Å²) in [4.78, 5) is 13.2. The fraction of sp³-hybridized carbons (Fsp3) is 0.0769. The van der Waals surface area contributed by atoms with E-state index in [1.165, 1.54) is 17.0 Å². The van der Waals surface area contributed by atoms with E-state index in [4.69, 9.17) is 16.8 Å². The summed E-state index contributed by atoms with van der Waals surface area (Å²) in [6, 6.07) is 3.62. The first kappa shape index (κ1) is 16.7. The van der Waals surface area contributed by atoms with Crippen LogP contribution >= 0.6 is 24.0 Å². The van der Waals surface area contributed by atoms with Gasteiger partial charge in [-0.1, -0.05) is 36.1 Å². The van der Waals surface area contributed by atoms with Crippen LogP contribution in [-0.4, -0.2) is 39.7 Å². The van der Waals surface area contributed by atoms with Crippen molar-refractivity contribution in [3.8, 4) is 5.75 Å². The molecule has 1 fully saturated rings. The lowest BCUT2D eigenvalue weighted by Gasteiger charge is -2.10. The number of thiocarbonyl (C=S) groups is 1. The second kappa shape index (κ2) is 6.21. The first-order valence-electron chi connectivity index (χ1n) is 5.91. The zero-order chi connectivity index (χ0) is 16.5. The van der Waals surface area contributed by atoms with E-state index in [9.17, 15) is 18.3 Å². The van der Waals surface area contributed by atoms with Gasteiger partial charge in [0, 0.05) is 6.54 Å². The average Bonchev–Trinajstić information content (AvgIpc) is 2.68. The predicted molar refractivity (Wildman–Crippen MR) is 88.0 cm³/mol. The second-order valence-electron chi connectivity index (χ2n) is 4.28. The molecule has 1 aromatic carbocycles. The van der Waals surface area contributed by atoms with Crippen molar-refractivity contribution in [3.05, 3.63) is 41.3 Å². The summed E-state index contributed by atoms with van der Waals surface area (Å²) in [5.41, 5.74) is 0.338. The Labute approximate surface area is 136 Å². The van der Waals surface area contributed by atoms with Crippen molar-refractivity contribution in [1.29, 1.82) is 0 Å². The molecule has 0 atom stereocenters. The van der Waals surface area contributed by atoms with Gasteiger partial charge in [-0.3, -0.25) is 14.2 Å². The van der Waals surface area contributed by atoms with Crippen molar-refractivity contribution in [1.82, 2.24) is 4.90 Å². The number of hydrogen-bond acceptors (Lipinski definition) is 6. The first-order valence-corrected chi connectivity index (χ1v) is 8.57. The van der Waals surface area contributed by atoms with Crippen LogP contribution in [0.5, 0.6) is 5.75 Å². The summed E-state index contributed by atoms with van der Waals surface area (Å²) in [6.07, 6.45) is 2.99. The van der Waals surface area contributed by atoms with Crippen LogP contribution in [0.1, 0.15) is 5.56 Å². The Balaban J connectivity index is 2.41. The lowest BCUT2D eigenvalue weighted by Crippen LogP contribution is -2.27. The van der Waals surface area contributed by atoms with Gasteiger partial charge in [-0.15, -0.1) is 6.58 Å². The number of amides is 1. The van der Waals surface area contributed by atoms with Gasteiger partial charge < -0.3 is 5.11 Å². The Hall–Kier alpha value is -1.68. The smallest absolute Gasteiger partial charge is 0.298 e. The van der Waals surface area contributed by atoms with E-state index in [-0.39, 0.29) is 12.5 Å². The fourth-order valence-corrected chi connectivity index (χ4v) is 3.66. The van der Waals surface area contributed by atoms with Crippen LogP contribution in [0.4, 0.5) is 0 Å². The van der Waals surface area contributed by atoms with Crippen molar-refractivity contribution < 1.29 is 22.9 Å². The highest BCUT2D eigenvalue weighted by Gasteiger charge is 2.31. The highest BCUT2D eigenvalue weighted by atomic mass is 32.2. The van der Waals surface area contributed by atoms with Crippen molar-refractivity contribution in [3.63, 3.8) is 0 Å². The van der Waals surface area contributed by atoms with E-state index in [2.05, 4.69) is 6.58 Å². The Morgan fingerprint density at radius 2 is 2.09 bits per heavy atom. The average molecular weight is 357 g/mol. The normalized spacial score (nSPS) is 17.3. The van der Waals surface area contributed by atoms with Crippen molar-refractivity contribution >= 4 is 50.4 Å². The van der Waals surface area contributed by atoms with Gasteiger partial charge in [0.1, 0.15) is 15.0 Å². The van der Waals surface area contributed by atoms with Gasteiger partial charge in [-0.25, -0.2) is 0 Å². The summed E-state index contributed by atoms with van der Waals surface area (Å²) >= 11 is 6.17. The van der Waals surface area contributed by atoms with Gasteiger partial charge in [-0.2, -0.15) is 8.42 Å². The van der Waals surface area contributed by atoms with E-state index in [0.29, 0.717) is 14.8 Å². The van der Waals surface area contributed by atoms with E-state index < -0.39 is 20.8 Å². The molecular weight excluding hydrogens is 346 g/mol. The number of nitrogens with zero attached hydrogens (tertiary/aromatic N) is 1. The third-order valence-corrected chi connectivity index (χ3v) is 5.01.